The van der Waals surface area contributed by atoms with Gasteiger partial charge in [0.1, 0.15) is 11.5 Å². The first-order valence-corrected chi connectivity index (χ1v) is 8.50. The quantitative estimate of drug-likeness (QED) is 0.723. The van der Waals surface area contributed by atoms with Crippen LogP contribution >= 0.6 is 0 Å². The van der Waals surface area contributed by atoms with Crippen molar-refractivity contribution in [3.8, 4) is 11.6 Å². The van der Waals surface area contributed by atoms with E-state index in [0.717, 1.165) is 12.8 Å². The molecule has 1 aliphatic rings. The van der Waals surface area contributed by atoms with Crippen LogP contribution in [-0.4, -0.2) is 39.0 Å². The van der Waals surface area contributed by atoms with Gasteiger partial charge in [0.25, 0.3) is 11.8 Å². The van der Waals surface area contributed by atoms with Crippen molar-refractivity contribution in [3.05, 3.63) is 65.9 Å². The average Bonchev–Trinajstić information content (AvgIpc) is 3.19. The summed E-state index contributed by atoms with van der Waals surface area (Å²) in [7, 11) is 0. The topological polar surface area (TPSA) is 72.1 Å². The number of aromatic nitrogens is 3. The van der Waals surface area contributed by atoms with Gasteiger partial charge in [0.15, 0.2) is 5.82 Å². The average molecular weight is 352 g/mol. The normalized spacial score (nSPS) is 17.3. The van der Waals surface area contributed by atoms with Gasteiger partial charge in [-0.25, -0.2) is 4.39 Å². The number of hydrogen-bond donors (Lipinski definition) is 0. The van der Waals surface area contributed by atoms with Crippen molar-refractivity contribution < 1.29 is 13.7 Å². The first-order valence-electron chi connectivity index (χ1n) is 8.50. The lowest BCUT2D eigenvalue weighted by Crippen LogP contribution is -2.39. The molecule has 0 N–H and O–H groups in total. The first kappa shape index (κ1) is 16.4. The summed E-state index contributed by atoms with van der Waals surface area (Å²) in [5.41, 5.74) is 1.11. The highest BCUT2D eigenvalue weighted by Gasteiger charge is 2.28. The van der Waals surface area contributed by atoms with Gasteiger partial charge in [-0.05, 0) is 49.2 Å². The molecule has 0 bridgehead atoms. The molecule has 0 aliphatic carbocycles. The number of benzene rings is 1. The van der Waals surface area contributed by atoms with Crippen LogP contribution in [0.15, 0.2) is 53.2 Å². The van der Waals surface area contributed by atoms with Gasteiger partial charge in [-0.2, -0.15) is 4.98 Å². The molecule has 7 heteroatoms. The fourth-order valence-electron chi connectivity index (χ4n) is 3.14. The van der Waals surface area contributed by atoms with Gasteiger partial charge in [-0.3, -0.25) is 9.78 Å². The Morgan fingerprint density at radius 2 is 2.04 bits per heavy atom. The second-order valence-corrected chi connectivity index (χ2v) is 6.27. The Bertz CT molecular complexity index is 895. The van der Waals surface area contributed by atoms with Crippen LogP contribution in [0, 0.1) is 5.82 Å². The van der Waals surface area contributed by atoms with Crippen LogP contribution in [0.3, 0.4) is 0 Å². The van der Waals surface area contributed by atoms with Crippen LogP contribution in [0.5, 0.6) is 0 Å². The van der Waals surface area contributed by atoms with E-state index in [0.29, 0.717) is 36.1 Å². The summed E-state index contributed by atoms with van der Waals surface area (Å²) in [6, 6.07) is 11.1. The number of carbonyl (C=O) groups is 1. The number of amides is 1. The number of halogens is 1. The number of hydrogen-bond acceptors (Lipinski definition) is 5. The van der Waals surface area contributed by atoms with Gasteiger partial charge >= 0.3 is 0 Å². The van der Waals surface area contributed by atoms with Gasteiger partial charge in [-0.15, -0.1) is 0 Å². The zero-order chi connectivity index (χ0) is 17.9. The molecule has 0 spiro atoms. The number of likely N-dealkylation sites (tertiary alicyclic amines) is 1. The molecule has 4 rings (SSSR count). The van der Waals surface area contributed by atoms with E-state index in [4.69, 9.17) is 4.52 Å². The summed E-state index contributed by atoms with van der Waals surface area (Å²) < 4.78 is 18.4. The predicted molar refractivity (Wildman–Crippen MR) is 91.8 cm³/mol. The molecule has 1 fully saturated rings. The number of carbonyl (C=O) groups excluding carboxylic acids is 1. The van der Waals surface area contributed by atoms with E-state index in [1.165, 1.54) is 24.3 Å². The first-order chi connectivity index (χ1) is 12.7. The zero-order valence-electron chi connectivity index (χ0n) is 14.0. The third-order valence-electron chi connectivity index (χ3n) is 4.49. The summed E-state index contributed by atoms with van der Waals surface area (Å²) in [6.45, 7) is 1.18. The minimum absolute atomic E-state index is 0.00867. The van der Waals surface area contributed by atoms with Gasteiger partial charge in [0, 0.05) is 30.8 Å². The number of pyridine rings is 1. The monoisotopic (exact) mass is 352 g/mol. The molecule has 132 valence electrons. The summed E-state index contributed by atoms with van der Waals surface area (Å²) in [4.78, 5) is 23.1. The van der Waals surface area contributed by atoms with Crippen LogP contribution in [0.1, 0.15) is 34.9 Å². The Balaban J connectivity index is 1.49. The second-order valence-electron chi connectivity index (χ2n) is 6.27. The van der Waals surface area contributed by atoms with Crippen molar-refractivity contribution in [1.82, 2.24) is 20.0 Å². The lowest BCUT2D eigenvalue weighted by atomic mass is 9.96. The Hall–Kier alpha value is -3.09. The fourth-order valence-corrected chi connectivity index (χ4v) is 3.14. The Morgan fingerprint density at radius 3 is 2.81 bits per heavy atom. The van der Waals surface area contributed by atoms with Crippen molar-refractivity contribution in [2.75, 3.05) is 13.1 Å². The van der Waals surface area contributed by atoms with Gasteiger partial charge in [-0.1, -0.05) is 11.2 Å². The van der Waals surface area contributed by atoms with Crippen LogP contribution in [0.4, 0.5) is 4.39 Å². The second kappa shape index (κ2) is 7.03. The maximum atomic E-state index is 13.1. The maximum absolute atomic E-state index is 13.1. The molecule has 6 nitrogen and oxygen atoms in total. The standard InChI is InChI=1S/C19H17FN4O2/c20-15-8-6-13(7-9-15)19(25)24-11-3-4-14(12-24)17-22-18(26-23-17)16-5-1-2-10-21-16/h1-2,5-10,14H,3-4,11-12H2. The van der Waals surface area contributed by atoms with Gasteiger partial charge in [0.2, 0.25) is 0 Å². The Morgan fingerprint density at radius 1 is 1.19 bits per heavy atom. The molecule has 0 saturated carbocycles. The molecule has 1 amide bonds. The lowest BCUT2D eigenvalue weighted by Gasteiger charge is -2.31. The van der Waals surface area contributed by atoms with Crippen LogP contribution in [0.2, 0.25) is 0 Å². The minimum Gasteiger partial charge on any atom is -0.338 e. The maximum Gasteiger partial charge on any atom is 0.276 e. The number of rotatable bonds is 3. The largest absolute Gasteiger partial charge is 0.338 e. The predicted octanol–water partition coefficient (Wildman–Crippen LogP) is 3.29. The minimum atomic E-state index is -0.355. The van der Waals surface area contributed by atoms with E-state index < -0.39 is 0 Å². The van der Waals surface area contributed by atoms with E-state index >= 15 is 0 Å². The molecule has 3 heterocycles. The highest BCUT2D eigenvalue weighted by atomic mass is 19.1. The molecule has 0 radical (unpaired) electrons. The smallest absolute Gasteiger partial charge is 0.276 e. The van der Waals surface area contributed by atoms with Crippen molar-refractivity contribution in [3.63, 3.8) is 0 Å². The summed E-state index contributed by atoms with van der Waals surface area (Å²) in [5.74, 6) is 0.509. The number of piperidine rings is 1. The molecule has 1 aliphatic heterocycles. The molecular weight excluding hydrogens is 335 g/mol. The van der Waals surface area contributed by atoms with Gasteiger partial charge < -0.3 is 9.42 Å². The highest BCUT2D eigenvalue weighted by molar-refractivity contribution is 5.94. The molecular formula is C19H17FN4O2. The zero-order valence-corrected chi connectivity index (χ0v) is 14.0. The molecule has 2 aromatic heterocycles. The van der Waals surface area contributed by atoms with E-state index in [-0.39, 0.29) is 17.6 Å². The molecule has 3 aromatic rings. The van der Waals surface area contributed by atoms with Crippen LogP contribution < -0.4 is 0 Å². The fraction of sp³-hybridized carbons (Fsp3) is 0.263. The third kappa shape index (κ3) is 3.33. The van der Waals surface area contributed by atoms with Crippen molar-refractivity contribution >= 4 is 5.91 Å². The Labute approximate surface area is 149 Å². The summed E-state index contributed by atoms with van der Waals surface area (Å²) >= 11 is 0. The highest BCUT2D eigenvalue weighted by Crippen LogP contribution is 2.27. The molecule has 1 atom stereocenters. The van der Waals surface area contributed by atoms with E-state index in [1.807, 2.05) is 18.2 Å². The van der Waals surface area contributed by atoms with Crippen molar-refractivity contribution in [2.24, 2.45) is 0 Å². The van der Waals surface area contributed by atoms with Crippen molar-refractivity contribution in [2.45, 2.75) is 18.8 Å². The van der Waals surface area contributed by atoms with Crippen LogP contribution in [-0.2, 0) is 0 Å². The summed E-state index contributed by atoms with van der Waals surface area (Å²) in [6.07, 6.45) is 3.41. The number of nitrogens with zero attached hydrogens (tertiary/aromatic N) is 4. The summed E-state index contributed by atoms with van der Waals surface area (Å²) in [5, 5.41) is 4.08. The van der Waals surface area contributed by atoms with Gasteiger partial charge in [0.05, 0.1) is 0 Å². The van der Waals surface area contributed by atoms with Crippen LogP contribution in [0.25, 0.3) is 11.6 Å². The third-order valence-corrected chi connectivity index (χ3v) is 4.49. The Kier molecular flexibility index (Phi) is 4.43. The molecule has 26 heavy (non-hydrogen) atoms. The lowest BCUT2D eigenvalue weighted by molar-refractivity contribution is 0.0703. The van der Waals surface area contributed by atoms with E-state index in [9.17, 15) is 9.18 Å². The van der Waals surface area contributed by atoms with Crippen molar-refractivity contribution in [1.29, 1.82) is 0 Å². The van der Waals surface area contributed by atoms with E-state index in [2.05, 4.69) is 15.1 Å². The molecule has 1 saturated heterocycles. The molecule has 1 unspecified atom stereocenters. The SMILES string of the molecule is O=C(c1ccc(F)cc1)N1CCCC(c2noc(-c3ccccn3)n2)C1. The molecule has 1 aromatic carbocycles. The van der Waals surface area contributed by atoms with E-state index in [1.54, 1.807) is 11.1 Å².